The van der Waals surface area contributed by atoms with Crippen LogP contribution >= 0.6 is 7.14 Å². The van der Waals surface area contributed by atoms with Crippen molar-refractivity contribution >= 4 is 7.14 Å². The van der Waals surface area contributed by atoms with Gasteiger partial charge in [-0.2, -0.15) is 0 Å². The summed E-state index contributed by atoms with van der Waals surface area (Å²) in [5, 5.41) is 0. The molecule has 0 radical (unpaired) electrons. The first-order chi connectivity index (χ1) is 3.92. The first-order valence-corrected chi connectivity index (χ1v) is 5.83. The molecule has 0 amide bonds. The molecule has 0 rings (SSSR count). The lowest BCUT2D eigenvalue weighted by Crippen LogP contribution is -1.76. The molecule has 0 aliphatic carbocycles. The van der Waals surface area contributed by atoms with Crippen LogP contribution in [-0.4, -0.2) is 13.3 Å². The summed E-state index contributed by atoms with van der Waals surface area (Å²) in [6, 6.07) is 0. The van der Waals surface area contributed by atoms with Gasteiger partial charge in [-0.15, -0.1) is 0 Å². The van der Waals surface area contributed by atoms with E-state index in [0.29, 0.717) is 5.92 Å². The highest BCUT2D eigenvalue weighted by atomic mass is 31.2. The minimum absolute atomic E-state index is 0.512. The zero-order valence-corrected chi connectivity index (χ0v) is 7.48. The molecule has 0 unspecified atom stereocenters. The molecule has 0 aliphatic heterocycles. The molecule has 0 fully saturated rings. The van der Waals surface area contributed by atoms with Gasteiger partial charge in [-0.05, 0) is 25.1 Å². The van der Waals surface area contributed by atoms with Gasteiger partial charge in [-0.3, -0.25) is 0 Å². The van der Waals surface area contributed by atoms with E-state index in [1.165, 1.54) is 0 Å². The fourth-order valence-corrected chi connectivity index (χ4v) is 1.14. The minimum Gasteiger partial charge on any atom is -0.320 e. The fraction of sp³-hybridized carbons (Fsp3) is 0.714. The second-order valence-electron chi connectivity index (χ2n) is 3.02. The van der Waals surface area contributed by atoms with Crippen molar-refractivity contribution in [3.63, 3.8) is 0 Å². The topological polar surface area (TPSA) is 17.1 Å². The van der Waals surface area contributed by atoms with Crippen molar-refractivity contribution in [3.8, 4) is 0 Å². The molecule has 54 valence electrons. The van der Waals surface area contributed by atoms with Crippen molar-refractivity contribution in [1.29, 1.82) is 0 Å². The molecule has 0 N–H and O–H groups in total. The molecule has 0 aliphatic rings. The third kappa shape index (κ3) is 7.97. The van der Waals surface area contributed by atoms with E-state index < -0.39 is 7.14 Å². The molecule has 0 bridgehead atoms. The maximum absolute atomic E-state index is 11.0. The predicted octanol–water partition coefficient (Wildman–Crippen LogP) is 2.78. The highest BCUT2D eigenvalue weighted by molar-refractivity contribution is 7.65. The molecule has 0 aromatic carbocycles. The zero-order valence-electron chi connectivity index (χ0n) is 6.59. The average Bonchev–Trinajstić information content (AvgIpc) is 1.59. The Labute approximate surface area is 57.5 Å². The number of hydrogen-bond acceptors (Lipinski definition) is 1. The van der Waals surface area contributed by atoms with Crippen LogP contribution in [0.5, 0.6) is 0 Å². The van der Waals surface area contributed by atoms with E-state index in [1.807, 2.05) is 11.9 Å². The SMILES string of the molecule is CC(C)C=CP(C)(C)=O. The van der Waals surface area contributed by atoms with Crippen LogP contribution in [0.3, 0.4) is 0 Å². The maximum Gasteiger partial charge on any atom is 0.102 e. The second-order valence-corrected chi connectivity index (χ2v) is 6.19. The van der Waals surface area contributed by atoms with Gasteiger partial charge >= 0.3 is 0 Å². The van der Waals surface area contributed by atoms with Gasteiger partial charge in [-0.1, -0.05) is 19.9 Å². The van der Waals surface area contributed by atoms with Crippen molar-refractivity contribution in [2.45, 2.75) is 13.8 Å². The largest absolute Gasteiger partial charge is 0.320 e. The standard InChI is InChI=1S/C7H15OP/c1-7(2)5-6-9(3,4)8/h5-7H,1-4H3. The molecule has 0 aromatic heterocycles. The predicted molar refractivity (Wildman–Crippen MR) is 43.4 cm³/mol. The van der Waals surface area contributed by atoms with Crippen LogP contribution in [0.2, 0.25) is 0 Å². The van der Waals surface area contributed by atoms with Crippen molar-refractivity contribution in [3.05, 3.63) is 11.9 Å². The summed E-state index contributed by atoms with van der Waals surface area (Å²) in [7, 11) is -1.90. The third-order valence-electron chi connectivity index (χ3n) is 0.830. The fourth-order valence-electron chi connectivity index (χ4n) is 0.379. The Morgan fingerprint density at radius 3 is 1.89 bits per heavy atom. The van der Waals surface area contributed by atoms with Crippen LogP contribution in [0.4, 0.5) is 0 Å². The molecule has 0 heterocycles. The van der Waals surface area contributed by atoms with Gasteiger partial charge in [0.1, 0.15) is 7.14 Å². The first kappa shape index (κ1) is 8.97. The van der Waals surface area contributed by atoms with Crippen molar-refractivity contribution in [2.24, 2.45) is 5.92 Å². The van der Waals surface area contributed by atoms with Crippen LogP contribution in [0.25, 0.3) is 0 Å². The van der Waals surface area contributed by atoms with E-state index in [2.05, 4.69) is 13.8 Å². The van der Waals surface area contributed by atoms with Gasteiger partial charge in [0.2, 0.25) is 0 Å². The number of rotatable bonds is 2. The third-order valence-corrected chi connectivity index (χ3v) is 1.72. The molecule has 0 saturated carbocycles. The summed E-state index contributed by atoms with van der Waals surface area (Å²) < 4.78 is 11.0. The minimum atomic E-state index is -1.90. The Bertz CT molecular complexity index is 141. The smallest absolute Gasteiger partial charge is 0.102 e. The van der Waals surface area contributed by atoms with E-state index in [0.717, 1.165) is 0 Å². The number of hydrogen-bond donors (Lipinski definition) is 0. The lowest BCUT2D eigenvalue weighted by molar-refractivity contribution is 0.587. The van der Waals surface area contributed by atoms with E-state index in [1.54, 1.807) is 13.3 Å². The van der Waals surface area contributed by atoms with Gasteiger partial charge in [-0.25, -0.2) is 0 Å². The Morgan fingerprint density at radius 1 is 1.33 bits per heavy atom. The van der Waals surface area contributed by atoms with Gasteiger partial charge in [0.05, 0.1) is 0 Å². The van der Waals surface area contributed by atoms with Crippen LogP contribution < -0.4 is 0 Å². The molecule has 0 atom stereocenters. The first-order valence-electron chi connectivity index (χ1n) is 3.16. The van der Waals surface area contributed by atoms with E-state index in [4.69, 9.17) is 0 Å². The lowest BCUT2D eigenvalue weighted by Gasteiger charge is -1.97. The van der Waals surface area contributed by atoms with Crippen LogP contribution in [0, 0.1) is 5.92 Å². The van der Waals surface area contributed by atoms with E-state index >= 15 is 0 Å². The molecule has 0 aromatic rings. The van der Waals surface area contributed by atoms with Gasteiger partial charge in [0.15, 0.2) is 0 Å². The highest BCUT2D eigenvalue weighted by Crippen LogP contribution is 2.37. The molecular weight excluding hydrogens is 131 g/mol. The summed E-state index contributed by atoms with van der Waals surface area (Å²) in [6.45, 7) is 7.69. The van der Waals surface area contributed by atoms with Gasteiger partial charge < -0.3 is 4.57 Å². The monoisotopic (exact) mass is 146 g/mol. The molecular formula is C7H15OP. The number of allylic oxidation sites excluding steroid dienone is 1. The highest BCUT2D eigenvalue weighted by Gasteiger charge is 1.98. The Balaban J connectivity index is 3.87. The van der Waals surface area contributed by atoms with Crippen molar-refractivity contribution in [1.82, 2.24) is 0 Å². The summed E-state index contributed by atoms with van der Waals surface area (Å²) in [5.74, 6) is 2.33. The Hall–Kier alpha value is -0.0300. The summed E-state index contributed by atoms with van der Waals surface area (Å²) in [6.07, 6.45) is 1.99. The molecule has 0 saturated heterocycles. The summed E-state index contributed by atoms with van der Waals surface area (Å²) in [4.78, 5) is 0. The van der Waals surface area contributed by atoms with Crippen molar-refractivity contribution < 1.29 is 4.57 Å². The lowest BCUT2D eigenvalue weighted by atomic mass is 10.2. The van der Waals surface area contributed by atoms with E-state index in [9.17, 15) is 4.57 Å². The van der Waals surface area contributed by atoms with Crippen molar-refractivity contribution in [2.75, 3.05) is 13.3 Å². The van der Waals surface area contributed by atoms with Crippen LogP contribution in [0.15, 0.2) is 11.9 Å². The Kier molecular flexibility index (Phi) is 3.21. The summed E-state index contributed by atoms with van der Waals surface area (Å²) >= 11 is 0. The summed E-state index contributed by atoms with van der Waals surface area (Å²) in [5.41, 5.74) is 0. The molecule has 1 nitrogen and oxygen atoms in total. The molecule has 2 heteroatoms. The Morgan fingerprint density at radius 2 is 1.78 bits per heavy atom. The van der Waals surface area contributed by atoms with Crippen LogP contribution in [-0.2, 0) is 4.57 Å². The quantitative estimate of drug-likeness (QED) is 0.547. The second kappa shape index (κ2) is 3.22. The zero-order chi connectivity index (χ0) is 7.49. The van der Waals surface area contributed by atoms with Gasteiger partial charge in [0.25, 0.3) is 0 Å². The normalized spacial score (nSPS) is 13.4. The van der Waals surface area contributed by atoms with Crippen LogP contribution in [0.1, 0.15) is 13.8 Å². The molecule has 9 heavy (non-hydrogen) atoms. The van der Waals surface area contributed by atoms with Gasteiger partial charge in [0, 0.05) is 0 Å². The molecule has 0 spiro atoms. The average molecular weight is 146 g/mol. The maximum atomic E-state index is 11.0. The van der Waals surface area contributed by atoms with E-state index in [-0.39, 0.29) is 0 Å².